The molecule has 10 rings (SSSR count). The van der Waals surface area contributed by atoms with Crippen LogP contribution in [0.5, 0.6) is 0 Å². The second kappa shape index (κ2) is 55.0. The van der Waals surface area contributed by atoms with E-state index >= 15 is 0 Å². The van der Waals surface area contributed by atoms with Gasteiger partial charge in [0, 0.05) is 36.5 Å². The van der Waals surface area contributed by atoms with Gasteiger partial charge in [-0.05, 0) is 128 Å². The molecule has 24 heteroatoms. The van der Waals surface area contributed by atoms with Crippen molar-refractivity contribution in [2.45, 2.75) is 146 Å². The van der Waals surface area contributed by atoms with Gasteiger partial charge in [0.25, 0.3) is 6.47 Å². The Balaban J connectivity index is 0. The van der Waals surface area contributed by atoms with E-state index in [1.54, 1.807) is 6.92 Å². The van der Waals surface area contributed by atoms with Crippen LogP contribution in [0.4, 0.5) is 4.79 Å². The predicted molar refractivity (Wildman–Crippen MR) is 410 cm³/mol. The van der Waals surface area contributed by atoms with E-state index in [0.717, 1.165) is 85.0 Å². The number of methoxy groups -OCH3 is 1. The van der Waals surface area contributed by atoms with Gasteiger partial charge in [-0.25, -0.2) is 14.4 Å². The molecule has 1 aliphatic rings. The summed E-state index contributed by atoms with van der Waals surface area (Å²) in [6.45, 7) is 14.2. The van der Waals surface area contributed by atoms with Crippen molar-refractivity contribution >= 4 is 102 Å². The molecule has 7 atom stereocenters. The second-order valence-corrected chi connectivity index (χ2v) is 25.6. The maximum absolute atomic E-state index is 12.6. The SMILES string of the molecule is C.C.CC(C)C[C@H](NC(=O)[C@@H](C)Cc1cccc2ccccc12)C(=O)O.COC(=O)[C@H](CC(C)C)NC(=O)[C@@H](C)Cc1cccc2ccccc12.C[C@@H](Cc1cccc2ccccc12)C(=O)O.N[C@@H](Cc1cccc2ccccc12)C(=O)O.O=C(Cl)OCc1ccccc1.O=CO[O-].OC1CCCO1.[Li+].[Na+].[OH-]. The fourth-order valence-electron chi connectivity index (χ4n) is 10.9. The number of carboxylic acids is 3. The summed E-state index contributed by atoms with van der Waals surface area (Å²) in [5.74, 6) is -3.77. The topological polar surface area (TPSA) is 358 Å². The molecule has 9 N–H and O–H groups in total. The number of carboxylic acid groups (broad SMARTS) is 3. The van der Waals surface area contributed by atoms with Crippen molar-refractivity contribution < 1.29 is 137 Å². The molecule has 0 aromatic heterocycles. The maximum Gasteiger partial charge on any atom is 1.00 e. The Kier molecular flexibility index (Phi) is 51.6. The normalized spacial score (nSPS) is 13.0. The number of hydrogen-bond acceptors (Lipinski definition) is 16. The summed E-state index contributed by atoms with van der Waals surface area (Å²) in [6, 6.07) is 63.4. The number of esters is 1. The number of aliphatic hydroxyl groups is 1. The van der Waals surface area contributed by atoms with Crippen LogP contribution in [0.25, 0.3) is 43.1 Å². The first-order valence-electron chi connectivity index (χ1n) is 33.6. The number of fused-ring (bicyclic) bond motifs is 4. The van der Waals surface area contributed by atoms with Crippen LogP contribution < -0.4 is 70.0 Å². The van der Waals surface area contributed by atoms with E-state index in [1.807, 2.05) is 217 Å². The molecule has 21 nitrogen and oxygen atoms in total. The number of hydrogen-bond donors (Lipinski definition) is 7. The molecule has 1 unspecified atom stereocenters. The molecule has 1 fully saturated rings. The van der Waals surface area contributed by atoms with Gasteiger partial charge in [0.05, 0.1) is 13.0 Å². The maximum atomic E-state index is 12.6. The Bertz CT molecular complexity index is 3990. The van der Waals surface area contributed by atoms with Crippen LogP contribution in [-0.2, 0) is 85.0 Å². The first kappa shape index (κ1) is 101. The molecule has 0 aliphatic carbocycles. The number of carbonyl (C=O) groups excluding carboxylic acids is 5. The summed E-state index contributed by atoms with van der Waals surface area (Å²) >= 11 is 4.97. The third-order valence-electron chi connectivity index (χ3n) is 16.1. The Morgan fingerprint density at radius 2 is 0.869 bits per heavy atom. The van der Waals surface area contributed by atoms with Gasteiger partial charge in [0.15, 0.2) is 6.29 Å². The quantitative estimate of drug-likeness (QED) is 0.00788. The summed E-state index contributed by atoms with van der Waals surface area (Å²) in [7, 11) is 1.35. The average Bonchev–Trinajstić information content (AvgIpc) is 1.23. The van der Waals surface area contributed by atoms with E-state index in [9.17, 15) is 38.7 Å². The first-order chi connectivity index (χ1) is 48.8. The standard InChI is InChI=1S/C21H27NO3.C20H25NO3.C14H14O2.C13H13NO2.C8H7ClO2.C4H8O2.CH2O3.2CH4.Li.Na.H2O/c1-14(2)12-19(21(24)25-4)22-20(23)15(3)13-17-10-7-9-16-8-5-6-11-18(16)17;1-13(2)11-18(20(23)24)21-19(22)14(3)12-16-9-6-8-15-7-4-5-10-17(15)16;1-10(14(15)16)9-12-7-4-6-11-5-2-3-8-13(11)12;14-12(13(15)16)8-10-6-3-5-9-4-1-2-7-11(9)10;9-8(10)11-6-7-4-2-1-3-5-7;5-4-2-1-3-6-4;2-1-4-3;;;;;/h5-11,14-15,19H,12-13H2,1-4H3,(H,22,23);4-10,13-14,18H,11-12H2,1-3H3,(H,21,22)(H,23,24);2-8,10H,9H2,1H3,(H,15,16);1-7,12H,8,14H2,(H,15,16);1-5H,6H2;4-5H,1-3H2;1,3H;2*1H4;;;1H2/q;;;;;;;;;2*+1;/p-2/t15-,19-;14-,18-;10-;12-;;;;;;;;/m0000......../s1. The minimum atomic E-state index is -0.977. The molecule has 0 radical (unpaired) electrons. The Labute approximate surface area is 668 Å². The van der Waals surface area contributed by atoms with E-state index in [0.29, 0.717) is 38.5 Å². The molecule has 0 saturated carbocycles. The first-order valence-corrected chi connectivity index (χ1v) is 34.0. The van der Waals surface area contributed by atoms with E-state index in [-0.39, 0.29) is 129 Å². The van der Waals surface area contributed by atoms with Crippen LogP contribution in [0.1, 0.15) is 117 Å². The number of aliphatic hydroxyl groups excluding tert-OH is 1. The fourth-order valence-corrected chi connectivity index (χ4v) is 10.9. The minimum Gasteiger partial charge on any atom is -0.870 e. The zero-order valence-corrected chi connectivity index (χ0v) is 64.2. The average molecular weight is 1500 g/mol. The molecular formula is C83H104ClLiN3NaO18. The predicted octanol–water partition coefficient (Wildman–Crippen LogP) is 8.47. The largest absolute Gasteiger partial charge is 1.00 e. The third kappa shape index (κ3) is 37.2. The van der Waals surface area contributed by atoms with Crippen LogP contribution in [0.2, 0.25) is 0 Å². The summed E-state index contributed by atoms with van der Waals surface area (Å²) < 4.78 is 14.1. The molecule has 1 heterocycles. The number of benzene rings is 9. The molecule has 568 valence electrons. The number of nitrogens with one attached hydrogen (secondary N) is 2. The molecule has 9 aromatic rings. The van der Waals surface area contributed by atoms with Crippen molar-refractivity contribution in [1.82, 2.24) is 10.6 Å². The van der Waals surface area contributed by atoms with Gasteiger partial charge in [0.1, 0.15) is 24.7 Å². The Hall–Kier alpha value is -8.53. The molecule has 9 aromatic carbocycles. The van der Waals surface area contributed by atoms with Crippen molar-refractivity contribution in [3.05, 3.63) is 228 Å². The number of aliphatic carboxylic acids is 3. The number of rotatable bonds is 23. The van der Waals surface area contributed by atoms with Gasteiger partial charge >= 0.3 is 77.7 Å². The van der Waals surface area contributed by atoms with Crippen molar-refractivity contribution in [3.63, 3.8) is 0 Å². The monoisotopic (exact) mass is 1500 g/mol. The Morgan fingerprint density at radius 3 is 1.17 bits per heavy atom. The van der Waals surface area contributed by atoms with Gasteiger partial charge in [-0.3, -0.25) is 24.0 Å². The van der Waals surface area contributed by atoms with Gasteiger partial charge in [-0.2, -0.15) is 0 Å². The number of nitrogens with two attached hydrogens (primary N) is 1. The third-order valence-corrected chi connectivity index (χ3v) is 16.3. The van der Waals surface area contributed by atoms with E-state index in [4.69, 9.17) is 52.2 Å². The molecule has 1 aliphatic heterocycles. The fraction of sp³-hybridized carbons (Fsp3) is 0.349. The molecule has 1 saturated heterocycles. The summed E-state index contributed by atoms with van der Waals surface area (Å²) in [4.78, 5) is 91.2. The van der Waals surface area contributed by atoms with Gasteiger partial charge in [-0.1, -0.05) is 264 Å². The van der Waals surface area contributed by atoms with Gasteiger partial charge in [0.2, 0.25) is 11.8 Å². The van der Waals surface area contributed by atoms with E-state index in [1.165, 1.54) is 12.5 Å². The van der Waals surface area contributed by atoms with Gasteiger partial charge in [-0.15, -0.1) is 0 Å². The minimum absolute atomic E-state index is 0. The molecule has 107 heavy (non-hydrogen) atoms. The van der Waals surface area contributed by atoms with Crippen LogP contribution in [0, 0.1) is 29.6 Å². The summed E-state index contributed by atoms with van der Waals surface area (Å²) in [5, 5.41) is 58.5. The molecule has 0 bridgehead atoms. The summed E-state index contributed by atoms with van der Waals surface area (Å²) in [5.41, 5.74) is 10.0. The molecule has 2 amide bonds. The van der Waals surface area contributed by atoms with Crippen molar-refractivity contribution in [2.75, 3.05) is 13.7 Å². The van der Waals surface area contributed by atoms with Crippen molar-refractivity contribution in [1.29, 1.82) is 0 Å². The number of carbonyl (C=O) groups is 8. The van der Waals surface area contributed by atoms with Crippen molar-refractivity contribution in [3.8, 4) is 0 Å². The number of halogens is 1. The van der Waals surface area contributed by atoms with Gasteiger partial charge < -0.3 is 66.6 Å². The van der Waals surface area contributed by atoms with Crippen molar-refractivity contribution in [2.24, 2.45) is 35.3 Å². The number of amides is 2. The summed E-state index contributed by atoms with van der Waals surface area (Å²) in [6.07, 6.45) is 4.53. The molecular weight excluding hydrogens is 1390 g/mol. The van der Waals surface area contributed by atoms with Crippen LogP contribution in [0.15, 0.2) is 200 Å². The van der Waals surface area contributed by atoms with E-state index in [2.05, 4.69) is 44.5 Å². The van der Waals surface area contributed by atoms with E-state index < -0.39 is 47.8 Å². The molecule has 0 spiro atoms. The zero-order chi connectivity index (χ0) is 75.1. The van der Waals surface area contributed by atoms with Crippen LogP contribution in [0.3, 0.4) is 0 Å². The number of ether oxygens (including phenoxy) is 3. The van der Waals surface area contributed by atoms with Crippen LogP contribution >= 0.6 is 11.6 Å². The Morgan fingerprint density at radius 1 is 0.533 bits per heavy atom. The second-order valence-electron chi connectivity index (χ2n) is 25.3. The smallest absolute Gasteiger partial charge is 0.870 e. The van der Waals surface area contributed by atoms with Crippen LogP contribution in [-0.4, -0.2) is 112 Å². The zero-order valence-electron chi connectivity index (χ0n) is 61.4.